The average Bonchev–Trinajstić information content (AvgIpc) is 2.29. The molecular formula is C6H11N2OPS. The van der Waals surface area contributed by atoms with Crippen LogP contribution in [0.25, 0.3) is 0 Å². The Labute approximate surface area is 71.1 Å². The van der Waals surface area contributed by atoms with Crippen molar-refractivity contribution in [3.05, 3.63) is 0 Å². The molecule has 0 spiro atoms. The lowest BCUT2D eigenvalue weighted by Crippen LogP contribution is -2.17. The molecule has 1 rings (SSSR count). The first-order chi connectivity index (χ1) is 5.12. The third-order valence-electron chi connectivity index (χ3n) is 1.62. The first-order valence-corrected chi connectivity index (χ1v) is 6.42. The Bertz CT molecular complexity index is 237. The molecular weight excluding hydrogens is 179 g/mol. The van der Waals surface area contributed by atoms with E-state index in [2.05, 4.69) is 11.0 Å². The predicted molar refractivity (Wildman–Crippen MR) is 49.5 cm³/mol. The van der Waals surface area contributed by atoms with Crippen LogP contribution in [-0.2, 0) is 4.57 Å². The van der Waals surface area contributed by atoms with Gasteiger partial charge in [0, 0.05) is 6.54 Å². The van der Waals surface area contributed by atoms with Crippen LogP contribution in [0, 0.1) is 12.3 Å². The third kappa shape index (κ3) is 1.62. The van der Waals surface area contributed by atoms with Crippen LogP contribution in [0.1, 0.15) is 0 Å². The molecule has 0 aromatic heterocycles. The summed E-state index contributed by atoms with van der Waals surface area (Å²) in [6.07, 6.45) is 5.23. The molecule has 0 saturated carbocycles. The van der Waals surface area contributed by atoms with Gasteiger partial charge in [-0.15, -0.1) is 6.42 Å². The minimum Gasteiger partial charge on any atom is -0.277 e. The van der Waals surface area contributed by atoms with Gasteiger partial charge < -0.3 is 0 Å². The molecule has 1 saturated heterocycles. The molecule has 0 aromatic carbocycles. The Balaban J connectivity index is 2.75. The Morgan fingerprint density at radius 3 is 2.82 bits per heavy atom. The lowest BCUT2D eigenvalue weighted by atomic mass is 10.4. The summed E-state index contributed by atoms with van der Waals surface area (Å²) in [5.74, 6) is 2.59. The van der Waals surface area contributed by atoms with E-state index in [1.165, 1.54) is 11.4 Å². The molecule has 1 aliphatic heterocycles. The number of nitrogens with zero attached hydrogens (tertiary/aromatic N) is 1. The maximum absolute atomic E-state index is 11.8. The molecule has 2 unspecified atom stereocenters. The monoisotopic (exact) mass is 190 g/mol. The molecule has 5 heteroatoms. The van der Waals surface area contributed by atoms with Crippen molar-refractivity contribution in [2.75, 3.05) is 20.6 Å². The molecule has 1 N–H and O–H groups in total. The normalized spacial score (nSPS) is 38.8. The first kappa shape index (κ1) is 9.15. The van der Waals surface area contributed by atoms with Crippen molar-refractivity contribution in [2.24, 2.45) is 0 Å². The fourth-order valence-corrected chi connectivity index (χ4v) is 5.15. The van der Waals surface area contributed by atoms with Gasteiger partial charge in [0.05, 0.1) is 5.25 Å². The smallest absolute Gasteiger partial charge is 0.269 e. The Kier molecular flexibility index (Phi) is 2.66. The second kappa shape index (κ2) is 3.20. The van der Waals surface area contributed by atoms with Gasteiger partial charge in [0.1, 0.15) is 0 Å². The van der Waals surface area contributed by atoms with Gasteiger partial charge in [-0.05, 0) is 25.5 Å². The Hall–Kier alpha value is 0.0600. The molecule has 3 nitrogen and oxygen atoms in total. The molecule has 1 aliphatic rings. The highest BCUT2D eigenvalue weighted by atomic mass is 32.7. The summed E-state index contributed by atoms with van der Waals surface area (Å²) in [5.41, 5.74) is 0. The summed E-state index contributed by atoms with van der Waals surface area (Å²) in [4.78, 5) is 0. The van der Waals surface area contributed by atoms with E-state index in [-0.39, 0.29) is 5.25 Å². The maximum Gasteiger partial charge on any atom is 0.269 e. The van der Waals surface area contributed by atoms with E-state index < -0.39 is 6.65 Å². The number of rotatable bonds is 1. The zero-order valence-corrected chi connectivity index (χ0v) is 8.28. The minimum absolute atomic E-state index is 0.0679. The van der Waals surface area contributed by atoms with Crippen molar-refractivity contribution in [1.29, 1.82) is 0 Å². The molecule has 62 valence electrons. The summed E-state index contributed by atoms with van der Waals surface area (Å²) < 4.78 is 13.6. The van der Waals surface area contributed by atoms with Gasteiger partial charge in [-0.3, -0.25) is 4.57 Å². The summed E-state index contributed by atoms with van der Waals surface area (Å²) in [6.45, 7) is -1.65. The molecule has 11 heavy (non-hydrogen) atoms. The van der Waals surface area contributed by atoms with Crippen LogP contribution < -0.4 is 5.09 Å². The summed E-state index contributed by atoms with van der Waals surface area (Å²) >= 11 is 1.36. The van der Waals surface area contributed by atoms with Crippen LogP contribution in [0.15, 0.2) is 0 Å². The average molecular weight is 190 g/mol. The topological polar surface area (TPSA) is 32.3 Å². The lowest BCUT2D eigenvalue weighted by Gasteiger charge is -2.16. The number of nitrogens with one attached hydrogen (secondary N) is 1. The fourth-order valence-electron chi connectivity index (χ4n) is 0.940. The number of hydrogen-bond acceptors (Lipinski definition) is 2. The fraction of sp³-hybridized carbons (Fsp3) is 0.667. The third-order valence-corrected chi connectivity index (χ3v) is 7.08. The van der Waals surface area contributed by atoms with Crippen molar-refractivity contribution in [1.82, 2.24) is 9.76 Å². The van der Waals surface area contributed by atoms with Crippen LogP contribution in [0.3, 0.4) is 0 Å². The van der Waals surface area contributed by atoms with Crippen LogP contribution in [0.5, 0.6) is 0 Å². The van der Waals surface area contributed by atoms with E-state index in [0.717, 1.165) is 0 Å². The maximum atomic E-state index is 11.8. The SMILES string of the molecule is C#CC1CN(C)P(=O)(NC)S1. The van der Waals surface area contributed by atoms with Crippen molar-refractivity contribution in [3.63, 3.8) is 0 Å². The quantitative estimate of drug-likeness (QED) is 0.493. The second-order valence-electron chi connectivity index (χ2n) is 2.34. The van der Waals surface area contributed by atoms with E-state index in [9.17, 15) is 4.57 Å². The van der Waals surface area contributed by atoms with Gasteiger partial charge in [0.2, 0.25) is 0 Å². The molecule has 1 heterocycles. The van der Waals surface area contributed by atoms with Crippen LogP contribution >= 0.6 is 18.0 Å². The highest BCUT2D eigenvalue weighted by molar-refractivity contribution is 8.57. The minimum atomic E-state index is -2.36. The molecule has 0 bridgehead atoms. The molecule has 0 amide bonds. The number of hydrogen-bond donors (Lipinski definition) is 1. The molecule has 2 atom stereocenters. The number of terminal acetylenes is 1. The second-order valence-corrected chi connectivity index (χ2v) is 7.41. The van der Waals surface area contributed by atoms with Gasteiger partial charge >= 0.3 is 0 Å². The van der Waals surface area contributed by atoms with E-state index in [1.807, 2.05) is 7.05 Å². The van der Waals surface area contributed by atoms with E-state index >= 15 is 0 Å². The Morgan fingerprint density at radius 1 is 1.91 bits per heavy atom. The van der Waals surface area contributed by atoms with Crippen molar-refractivity contribution in [2.45, 2.75) is 5.25 Å². The van der Waals surface area contributed by atoms with E-state index in [4.69, 9.17) is 6.42 Å². The summed E-state index contributed by atoms with van der Waals surface area (Å²) in [7, 11) is 3.52. The summed E-state index contributed by atoms with van der Waals surface area (Å²) in [6, 6.07) is 0. The molecule has 1 fully saturated rings. The molecule has 0 aromatic rings. The van der Waals surface area contributed by atoms with Crippen molar-refractivity contribution in [3.8, 4) is 12.3 Å². The summed E-state index contributed by atoms with van der Waals surface area (Å²) in [5, 5.41) is 2.87. The van der Waals surface area contributed by atoms with Crippen molar-refractivity contribution < 1.29 is 4.57 Å². The van der Waals surface area contributed by atoms with Gasteiger partial charge in [0.25, 0.3) is 6.65 Å². The van der Waals surface area contributed by atoms with Gasteiger partial charge in [-0.1, -0.05) is 5.92 Å². The van der Waals surface area contributed by atoms with E-state index in [1.54, 1.807) is 11.7 Å². The molecule has 0 radical (unpaired) electrons. The Morgan fingerprint density at radius 2 is 2.55 bits per heavy atom. The lowest BCUT2D eigenvalue weighted by molar-refractivity contribution is 0.494. The molecule has 0 aliphatic carbocycles. The van der Waals surface area contributed by atoms with Crippen LogP contribution in [0.2, 0.25) is 0 Å². The first-order valence-electron chi connectivity index (χ1n) is 3.27. The van der Waals surface area contributed by atoms with Crippen LogP contribution in [0.4, 0.5) is 0 Å². The van der Waals surface area contributed by atoms with Crippen molar-refractivity contribution >= 4 is 18.0 Å². The highest BCUT2D eigenvalue weighted by Gasteiger charge is 2.38. The standard InChI is InChI=1S/C6H11N2OPS/c1-4-6-5-8(3)10(9,7-2)11-6/h1,6H,5H2,2-3H3,(H,7,9). The van der Waals surface area contributed by atoms with Crippen LogP contribution in [-0.4, -0.2) is 30.6 Å². The zero-order chi connectivity index (χ0) is 8.48. The van der Waals surface area contributed by atoms with Gasteiger partial charge in [0.15, 0.2) is 0 Å². The van der Waals surface area contributed by atoms with E-state index in [0.29, 0.717) is 6.54 Å². The highest BCUT2D eigenvalue weighted by Crippen LogP contribution is 2.63. The van der Waals surface area contributed by atoms with Gasteiger partial charge in [-0.25, -0.2) is 9.76 Å². The largest absolute Gasteiger partial charge is 0.277 e. The van der Waals surface area contributed by atoms with Gasteiger partial charge in [-0.2, -0.15) is 0 Å². The zero-order valence-electron chi connectivity index (χ0n) is 6.57. The predicted octanol–water partition coefficient (Wildman–Crippen LogP) is 0.994.